The van der Waals surface area contributed by atoms with Gasteiger partial charge in [-0.05, 0) is 61.4 Å². The van der Waals surface area contributed by atoms with Crippen molar-refractivity contribution in [2.45, 2.75) is 76.7 Å². The third-order valence-electron chi connectivity index (χ3n) is 5.04. The molecule has 5 nitrogen and oxygen atoms in total. The van der Waals surface area contributed by atoms with Crippen molar-refractivity contribution in [1.82, 2.24) is 15.3 Å². The van der Waals surface area contributed by atoms with Crippen LogP contribution in [0.1, 0.15) is 54.4 Å². The summed E-state index contributed by atoms with van der Waals surface area (Å²) in [5.74, 6) is -0.0609. The van der Waals surface area contributed by atoms with Crippen LogP contribution in [0.15, 0.2) is 0 Å². The van der Waals surface area contributed by atoms with E-state index >= 15 is 0 Å². The van der Waals surface area contributed by atoms with Gasteiger partial charge in [0.1, 0.15) is 11.2 Å². The van der Waals surface area contributed by atoms with E-state index in [1.165, 1.54) is 5.06 Å². The van der Waals surface area contributed by atoms with Crippen molar-refractivity contribution in [1.29, 1.82) is 0 Å². The fourth-order valence-corrected chi connectivity index (χ4v) is 3.94. The Morgan fingerprint density at radius 3 is 1.79 bits per heavy atom. The number of rotatable bonds is 0. The smallest absolute Gasteiger partial charge is 0.244 e. The molecule has 2 saturated heterocycles. The minimum Gasteiger partial charge on any atom is -0.335 e. The average Bonchev–Trinajstić information content (AvgIpc) is 2.36. The van der Waals surface area contributed by atoms with E-state index in [1.54, 1.807) is 0 Å². The molecule has 110 valence electrons. The molecule has 0 aliphatic carbocycles. The molecule has 1 spiro atoms. The fraction of sp³-hybridized carbons (Fsp3) is 0.929. The number of likely N-dealkylation sites (tertiary alicyclic amines) is 1. The Bertz CT molecular complexity index is 397. The zero-order valence-corrected chi connectivity index (χ0v) is 13.2. The lowest BCUT2D eigenvalue weighted by Crippen LogP contribution is -2.69. The van der Waals surface area contributed by atoms with Crippen molar-refractivity contribution in [3.8, 4) is 0 Å². The Balaban J connectivity index is 2.49. The molecule has 0 aromatic carbocycles. The van der Waals surface area contributed by atoms with Gasteiger partial charge in [0.2, 0.25) is 5.91 Å². The van der Waals surface area contributed by atoms with Gasteiger partial charge in [-0.15, -0.1) is 0 Å². The highest BCUT2D eigenvalue weighted by molar-refractivity contribution is 5.89. The van der Waals surface area contributed by atoms with Gasteiger partial charge >= 0.3 is 0 Å². The first-order valence-electron chi connectivity index (χ1n) is 6.91. The second-order valence-electron chi connectivity index (χ2n) is 7.89. The zero-order valence-electron chi connectivity index (χ0n) is 13.2. The van der Waals surface area contributed by atoms with Crippen LogP contribution in [0.4, 0.5) is 0 Å². The van der Waals surface area contributed by atoms with Crippen molar-refractivity contribution in [3.63, 3.8) is 0 Å². The van der Waals surface area contributed by atoms with Crippen LogP contribution in [0, 0.1) is 0 Å². The number of hydrogen-bond acceptors (Lipinski definition) is 4. The number of piperidine rings is 1. The van der Waals surface area contributed by atoms with Crippen molar-refractivity contribution in [2.75, 3.05) is 7.05 Å². The average molecular weight is 269 g/mol. The molecular weight excluding hydrogens is 242 g/mol. The molecule has 0 radical (unpaired) electrons. The van der Waals surface area contributed by atoms with Crippen LogP contribution in [0.5, 0.6) is 0 Å². The lowest BCUT2D eigenvalue weighted by molar-refractivity contribution is -0.234. The predicted octanol–water partition coefficient (Wildman–Crippen LogP) is 1.57. The summed E-state index contributed by atoms with van der Waals surface area (Å²) in [6.45, 7) is 12.2. The molecule has 5 heteroatoms. The molecule has 0 saturated carbocycles. The molecule has 1 amide bonds. The number of carbonyl (C=O) groups excluding carboxylic acids is 1. The molecule has 2 aliphatic rings. The summed E-state index contributed by atoms with van der Waals surface area (Å²) in [5, 5.41) is 14.7. The summed E-state index contributed by atoms with van der Waals surface area (Å²) < 4.78 is 0. The minimum atomic E-state index is -0.830. The highest BCUT2D eigenvalue weighted by Gasteiger charge is 2.64. The Labute approximate surface area is 115 Å². The Morgan fingerprint density at radius 2 is 1.47 bits per heavy atom. The zero-order chi connectivity index (χ0) is 14.9. The highest BCUT2D eigenvalue weighted by atomic mass is 16.5. The predicted molar refractivity (Wildman–Crippen MR) is 73.7 cm³/mol. The summed E-state index contributed by atoms with van der Waals surface area (Å²) in [4.78, 5) is 14.8. The summed E-state index contributed by atoms with van der Waals surface area (Å²) in [6.07, 6.45) is 1.23. The molecule has 0 atom stereocenters. The standard InChI is InChI=1S/C14H27N3O2/c1-11(2)8-14(9-12(3,4)16(11)7)10(18)15-13(5,6)17(14)19/h19H,8-9H2,1-7H3,(H,15,18). The first kappa shape index (κ1) is 14.8. The lowest BCUT2D eigenvalue weighted by atomic mass is 9.69. The molecule has 19 heavy (non-hydrogen) atoms. The summed E-state index contributed by atoms with van der Waals surface area (Å²) in [5.41, 5.74) is -1.84. The van der Waals surface area contributed by atoms with E-state index in [4.69, 9.17) is 0 Å². The first-order chi connectivity index (χ1) is 8.35. The molecular formula is C14H27N3O2. The highest BCUT2D eigenvalue weighted by Crippen LogP contribution is 2.48. The van der Waals surface area contributed by atoms with E-state index in [0.29, 0.717) is 12.8 Å². The van der Waals surface area contributed by atoms with E-state index in [2.05, 4.69) is 45.0 Å². The van der Waals surface area contributed by atoms with Gasteiger partial charge in [-0.25, -0.2) is 0 Å². The maximum atomic E-state index is 12.5. The van der Waals surface area contributed by atoms with Gasteiger partial charge in [0.25, 0.3) is 0 Å². The number of carbonyl (C=O) groups is 1. The maximum Gasteiger partial charge on any atom is 0.244 e. The number of nitrogens with zero attached hydrogens (tertiary/aromatic N) is 2. The van der Waals surface area contributed by atoms with Gasteiger partial charge in [-0.1, -0.05) is 0 Å². The van der Waals surface area contributed by atoms with E-state index in [1.807, 2.05) is 13.8 Å². The Hall–Kier alpha value is -0.650. The number of hydrogen-bond donors (Lipinski definition) is 2. The topological polar surface area (TPSA) is 55.8 Å². The second kappa shape index (κ2) is 3.71. The van der Waals surface area contributed by atoms with Crippen LogP contribution in [-0.2, 0) is 4.79 Å². The van der Waals surface area contributed by atoms with Gasteiger partial charge < -0.3 is 10.5 Å². The molecule has 2 N–H and O–H groups in total. The Morgan fingerprint density at radius 1 is 1.05 bits per heavy atom. The van der Waals surface area contributed by atoms with E-state index in [-0.39, 0.29) is 17.0 Å². The number of nitrogens with one attached hydrogen (secondary N) is 1. The lowest BCUT2D eigenvalue weighted by Gasteiger charge is -2.57. The minimum absolute atomic E-state index is 0.0609. The Kier molecular flexibility index (Phi) is 2.88. The van der Waals surface area contributed by atoms with Gasteiger partial charge in [0, 0.05) is 11.1 Å². The largest absolute Gasteiger partial charge is 0.335 e. The van der Waals surface area contributed by atoms with Crippen LogP contribution < -0.4 is 5.32 Å². The van der Waals surface area contributed by atoms with Crippen LogP contribution in [0.25, 0.3) is 0 Å². The molecule has 2 aliphatic heterocycles. The third-order valence-corrected chi connectivity index (χ3v) is 5.04. The van der Waals surface area contributed by atoms with Gasteiger partial charge in [-0.3, -0.25) is 9.69 Å². The number of amides is 1. The van der Waals surface area contributed by atoms with E-state index < -0.39 is 11.2 Å². The molecule has 0 unspecified atom stereocenters. The molecule has 2 heterocycles. The van der Waals surface area contributed by atoms with E-state index in [0.717, 1.165) is 0 Å². The van der Waals surface area contributed by atoms with Crippen LogP contribution >= 0.6 is 0 Å². The molecule has 0 bridgehead atoms. The van der Waals surface area contributed by atoms with Crippen LogP contribution in [0.2, 0.25) is 0 Å². The van der Waals surface area contributed by atoms with Crippen molar-refractivity contribution in [2.24, 2.45) is 0 Å². The molecule has 0 aromatic rings. The maximum absolute atomic E-state index is 12.5. The molecule has 0 aromatic heterocycles. The van der Waals surface area contributed by atoms with Crippen molar-refractivity contribution in [3.05, 3.63) is 0 Å². The second-order valence-corrected chi connectivity index (χ2v) is 7.89. The van der Waals surface area contributed by atoms with Gasteiger partial charge in [0.15, 0.2) is 0 Å². The summed E-state index contributed by atoms with van der Waals surface area (Å²) in [7, 11) is 2.09. The summed E-state index contributed by atoms with van der Waals surface area (Å²) >= 11 is 0. The van der Waals surface area contributed by atoms with Crippen molar-refractivity contribution >= 4 is 5.91 Å². The van der Waals surface area contributed by atoms with Crippen LogP contribution in [0.3, 0.4) is 0 Å². The SMILES string of the molecule is CN1C(C)(C)CC2(CC1(C)C)C(=O)NC(C)(C)N2O. The fourth-order valence-electron chi connectivity index (χ4n) is 3.94. The van der Waals surface area contributed by atoms with Gasteiger partial charge in [0.05, 0.1) is 0 Å². The third kappa shape index (κ3) is 1.90. The van der Waals surface area contributed by atoms with E-state index in [9.17, 15) is 10.0 Å². The van der Waals surface area contributed by atoms with Gasteiger partial charge in [-0.2, -0.15) is 5.06 Å². The first-order valence-corrected chi connectivity index (χ1v) is 6.91. The summed E-state index contributed by atoms with van der Waals surface area (Å²) in [6, 6.07) is 0. The quantitative estimate of drug-likeness (QED) is 0.701. The molecule has 2 fully saturated rings. The molecule has 2 rings (SSSR count). The normalized spacial score (nSPS) is 32.5. The monoisotopic (exact) mass is 269 g/mol. The van der Waals surface area contributed by atoms with Crippen molar-refractivity contribution < 1.29 is 10.0 Å². The van der Waals surface area contributed by atoms with Crippen LogP contribution in [-0.4, -0.2) is 50.4 Å². The number of hydroxylamine groups is 2.